The van der Waals surface area contributed by atoms with E-state index in [1.54, 1.807) is 49.5 Å². The van der Waals surface area contributed by atoms with Crippen LogP contribution < -0.4 is 15.4 Å². The van der Waals surface area contributed by atoms with E-state index in [0.717, 1.165) is 0 Å². The number of ether oxygens (including phenoxy) is 1. The van der Waals surface area contributed by atoms with Gasteiger partial charge in [0.05, 0.1) is 5.56 Å². The number of amides is 2. The SMILES string of the molecule is Cc1nc(COc2ccc(C(=O)NCCNC(=O)c3cccnc3)cc2)no1. The van der Waals surface area contributed by atoms with Gasteiger partial charge in [-0.25, -0.2) is 0 Å². The minimum atomic E-state index is -0.240. The van der Waals surface area contributed by atoms with Crippen LogP contribution in [-0.2, 0) is 6.61 Å². The maximum absolute atomic E-state index is 12.1. The highest BCUT2D eigenvalue weighted by molar-refractivity contribution is 5.95. The third-order valence-electron chi connectivity index (χ3n) is 3.67. The summed E-state index contributed by atoms with van der Waals surface area (Å²) in [5.41, 5.74) is 0.960. The molecule has 9 nitrogen and oxygen atoms in total. The summed E-state index contributed by atoms with van der Waals surface area (Å²) in [6.45, 7) is 2.50. The van der Waals surface area contributed by atoms with Crippen LogP contribution in [0.2, 0.25) is 0 Å². The average molecular weight is 381 g/mol. The first-order valence-electron chi connectivity index (χ1n) is 8.60. The summed E-state index contributed by atoms with van der Waals surface area (Å²) in [7, 11) is 0. The first kappa shape index (κ1) is 19.0. The lowest BCUT2D eigenvalue weighted by atomic mass is 10.2. The number of hydrogen-bond acceptors (Lipinski definition) is 7. The summed E-state index contributed by atoms with van der Waals surface area (Å²) in [6, 6.07) is 10.0. The predicted octanol–water partition coefficient (Wildman–Crippen LogP) is 1.51. The summed E-state index contributed by atoms with van der Waals surface area (Å²) < 4.78 is 10.4. The highest BCUT2D eigenvalue weighted by Gasteiger charge is 2.08. The van der Waals surface area contributed by atoms with Gasteiger partial charge in [0.2, 0.25) is 11.7 Å². The second-order valence-electron chi connectivity index (χ2n) is 5.80. The number of nitrogens with zero attached hydrogens (tertiary/aromatic N) is 3. The highest BCUT2D eigenvalue weighted by atomic mass is 16.5. The van der Waals surface area contributed by atoms with Crippen LogP contribution in [-0.4, -0.2) is 40.0 Å². The maximum atomic E-state index is 12.1. The van der Waals surface area contributed by atoms with Crippen LogP contribution in [0.5, 0.6) is 5.75 Å². The minimum Gasteiger partial charge on any atom is -0.485 e. The van der Waals surface area contributed by atoms with Crippen LogP contribution >= 0.6 is 0 Å². The van der Waals surface area contributed by atoms with Gasteiger partial charge in [0.1, 0.15) is 5.75 Å². The van der Waals surface area contributed by atoms with Gasteiger partial charge in [-0.15, -0.1) is 0 Å². The van der Waals surface area contributed by atoms with Crippen LogP contribution in [0.3, 0.4) is 0 Å². The molecule has 3 rings (SSSR count). The summed E-state index contributed by atoms with van der Waals surface area (Å²) in [5, 5.41) is 9.20. The van der Waals surface area contributed by atoms with E-state index < -0.39 is 0 Å². The summed E-state index contributed by atoms with van der Waals surface area (Å²) in [6.07, 6.45) is 3.08. The molecular formula is C19H19N5O4. The van der Waals surface area contributed by atoms with Gasteiger partial charge >= 0.3 is 0 Å². The number of pyridine rings is 1. The molecule has 28 heavy (non-hydrogen) atoms. The van der Waals surface area contributed by atoms with E-state index in [0.29, 0.717) is 41.7 Å². The first-order valence-corrected chi connectivity index (χ1v) is 8.60. The molecule has 1 aromatic carbocycles. The Labute approximate surface area is 161 Å². The Hall–Kier alpha value is -3.75. The van der Waals surface area contributed by atoms with Gasteiger partial charge in [-0.05, 0) is 36.4 Å². The van der Waals surface area contributed by atoms with E-state index in [1.165, 1.54) is 6.20 Å². The smallest absolute Gasteiger partial charge is 0.252 e. The van der Waals surface area contributed by atoms with E-state index in [4.69, 9.17) is 9.26 Å². The van der Waals surface area contributed by atoms with Gasteiger partial charge in [-0.3, -0.25) is 14.6 Å². The fraction of sp³-hybridized carbons (Fsp3) is 0.211. The molecule has 2 N–H and O–H groups in total. The molecule has 3 aromatic rings. The van der Waals surface area contributed by atoms with E-state index in [2.05, 4.69) is 25.8 Å². The molecule has 0 saturated carbocycles. The Morgan fingerprint density at radius 3 is 2.36 bits per heavy atom. The molecule has 0 unspecified atom stereocenters. The lowest BCUT2D eigenvalue weighted by Crippen LogP contribution is -2.34. The number of aryl methyl sites for hydroxylation is 1. The van der Waals surface area contributed by atoms with Gasteiger partial charge in [0.25, 0.3) is 11.8 Å². The lowest BCUT2D eigenvalue weighted by molar-refractivity contribution is 0.0927. The van der Waals surface area contributed by atoms with Crippen LogP contribution in [0.25, 0.3) is 0 Å². The van der Waals surface area contributed by atoms with Crippen LogP contribution in [0.1, 0.15) is 32.4 Å². The molecule has 2 aromatic heterocycles. The van der Waals surface area contributed by atoms with Crippen molar-refractivity contribution in [1.29, 1.82) is 0 Å². The number of carbonyl (C=O) groups is 2. The van der Waals surface area contributed by atoms with Crippen molar-refractivity contribution in [2.75, 3.05) is 13.1 Å². The minimum absolute atomic E-state index is 0.180. The van der Waals surface area contributed by atoms with Gasteiger partial charge in [0.15, 0.2) is 6.61 Å². The molecule has 0 spiro atoms. The summed E-state index contributed by atoms with van der Waals surface area (Å²) in [5.74, 6) is 1.04. The summed E-state index contributed by atoms with van der Waals surface area (Å²) in [4.78, 5) is 31.9. The second-order valence-corrected chi connectivity index (χ2v) is 5.80. The monoisotopic (exact) mass is 381 g/mol. The number of rotatable bonds is 8. The molecule has 0 bridgehead atoms. The maximum Gasteiger partial charge on any atom is 0.252 e. The molecule has 2 heterocycles. The van der Waals surface area contributed by atoms with Crippen LogP contribution in [0.15, 0.2) is 53.3 Å². The van der Waals surface area contributed by atoms with Gasteiger partial charge < -0.3 is 19.9 Å². The zero-order valence-corrected chi connectivity index (χ0v) is 15.2. The Balaban J connectivity index is 1.40. The second kappa shape index (κ2) is 9.26. The number of nitrogens with one attached hydrogen (secondary N) is 2. The van der Waals surface area contributed by atoms with E-state index in [9.17, 15) is 9.59 Å². The van der Waals surface area contributed by atoms with Crippen molar-refractivity contribution in [1.82, 2.24) is 25.8 Å². The third kappa shape index (κ3) is 5.37. The molecule has 9 heteroatoms. The number of hydrogen-bond donors (Lipinski definition) is 2. The number of benzene rings is 1. The van der Waals surface area contributed by atoms with Crippen LogP contribution in [0.4, 0.5) is 0 Å². The molecule has 0 saturated heterocycles. The fourth-order valence-corrected chi connectivity index (χ4v) is 2.30. The third-order valence-corrected chi connectivity index (χ3v) is 3.67. The van der Waals surface area contributed by atoms with Gasteiger partial charge in [-0.2, -0.15) is 4.98 Å². The van der Waals surface area contributed by atoms with Gasteiger partial charge in [-0.1, -0.05) is 5.16 Å². The number of carbonyl (C=O) groups excluding carboxylic acids is 2. The molecule has 0 radical (unpaired) electrons. The molecule has 0 atom stereocenters. The Morgan fingerprint density at radius 1 is 1.04 bits per heavy atom. The molecular weight excluding hydrogens is 362 g/mol. The largest absolute Gasteiger partial charge is 0.485 e. The van der Waals surface area contributed by atoms with E-state index >= 15 is 0 Å². The molecule has 144 valence electrons. The Kier molecular flexibility index (Phi) is 6.29. The molecule has 0 fully saturated rings. The Morgan fingerprint density at radius 2 is 1.75 bits per heavy atom. The van der Waals surface area contributed by atoms with Crippen molar-refractivity contribution in [2.24, 2.45) is 0 Å². The van der Waals surface area contributed by atoms with Crippen LogP contribution in [0, 0.1) is 6.92 Å². The lowest BCUT2D eigenvalue weighted by Gasteiger charge is -2.08. The number of aromatic nitrogens is 3. The van der Waals surface area contributed by atoms with Crippen molar-refractivity contribution in [3.63, 3.8) is 0 Å². The molecule has 0 aliphatic heterocycles. The Bertz CT molecular complexity index is 925. The standard InChI is InChI=1S/C19H19N5O4/c1-13-23-17(24-28-13)12-27-16-6-4-14(5-7-16)18(25)21-9-10-22-19(26)15-3-2-8-20-11-15/h2-8,11H,9-10,12H2,1H3,(H,21,25)(H,22,26). The first-order chi connectivity index (χ1) is 13.6. The van der Waals surface area contributed by atoms with E-state index in [-0.39, 0.29) is 18.4 Å². The van der Waals surface area contributed by atoms with Crippen molar-refractivity contribution in [2.45, 2.75) is 13.5 Å². The molecule has 2 amide bonds. The fourth-order valence-electron chi connectivity index (χ4n) is 2.30. The van der Waals surface area contributed by atoms with E-state index in [1.807, 2.05) is 0 Å². The quantitative estimate of drug-likeness (QED) is 0.568. The normalized spacial score (nSPS) is 10.3. The topological polar surface area (TPSA) is 119 Å². The zero-order chi connectivity index (χ0) is 19.8. The molecule has 0 aliphatic carbocycles. The van der Waals surface area contributed by atoms with Crippen molar-refractivity contribution in [3.8, 4) is 5.75 Å². The summed E-state index contributed by atoms with van der Waals surface area (Å²) >= 11 is 0. The van der Waals surface area contributed by atoms with Crippen molar-refractivity contribution >= 4 is 11.8 Å². The zero-order valence-electron chi connectivity index (χ0n) is 15.2. The van der Waals surface area contributed by atoms with Crippen molar-refractivity contribution < 1.29 is 18.8 Å². The van der Waals surface area contributed by atoms with Crippen molar-refractivity contribution in [3.05, 3.63) is 71.6 Å². The van der Waals surface area contributed by atoms with Gasteiger partial charge in [0, 0.05) is 38.0 Å². The highest BCUT2D eigenvalue weighted by Crippen LogP contribution is 2.13. The molecule has 0 aliphatic rings. The average Bonchev–Trinajstić information content (AvgIpc) is 3.15. The predicted molar refractivity (Wildman–Crippen MR) is 98.7 cm³/mol.